The molecular weight excluding hydrogens is 326 g/mol. The number of aromatic nitrogens is 2. The first-order valence-corrected chi connectivity index (χ1v) is 8.46. The molecule has 5 rings (SSSR count). The standard InChI is InChI=1S/C21H15N3O2/c1-11-22-20-17(21(26)23-11)15(12-7-3-2-4-8-12)16-18(24-20)13-9-5-6-10-14(13)19(16)25/h2-10,15H,1H3,(H2,22,23,24,26). The van der Waals surface area contributed by atoms with Crippen LogP contribution in [0.5, 0.6) is 0 Å². The predicted molar refractivity (Wildman–Crippen MR) is 99.2 cm³/mol. The molecule has 2 N–H and O–H groups in total. The van der Waals surface area contributed by atoms with Gasteiger partial charge >= 0.3 is 0 Å². The third-order valence-electron chi connectivity index (χ3n) is 4.98. The van der Waals surface area contributed by atoms with Crippen LogP contribution in [0.3, 0.4) is 0 Å². The van der Waals surface area contributed by atoms with Gasteiger partial charge in [-0.05, 0) is 12.5 Å². The summed E-state index contributed by atoms with van der Waals surface area (Å²) in [5, 5.41) is 3.25. The summed E-state index contributed by atoms with van der Waals surface area (Å²) in [4.78, 5) is 33.2. The number of Topliss-reactive ketones (excluding diaryl/α,β-unsaturated/α-hetero) is 1. The Hall–Kier alpha value is -3.47. The van der Waals surface area contributed by atoms with E-state index in [1.807, 2.05) is 54.6 Å². The van der Waals surface area contributed by atoms with E-state index in [9.17, 15) is 9.59 Å². The fourth-order valence-corrected chi connectivity index (χ4v) is 3.91. The normalized spacial score (nSPS) is 17.4. The van der Waals surface area contributed by atoms with Crippen molar-refractivity contribution in [1.82, 2.24) is 9.97 Å². The number of aryl methyl sites for hydroxylation is 1. The quantitative estimate of drug-likeness (QED) is 0.712. The maximum atomic E-state index is 13.2. The first-order chi connectivity index (χ1) is 12.6. The molecule has 0 saturated heterocycles. The summed E-state index contributed by atoms with van der Waals surface area (Å²) in [7, 11) is 0. The number of hydrogen-bond acceptors (Lipinski definition) is 4. The predicted octanol–water partition coefficient (Wildman–Crippen LogP) is 3.24. The first kappa shape index (κ1) is 14.8. The molecule has 2 heterocycles. The number of aromatic amines is 1. The van der Waals surface area contributed by atoms with E-state index in [0.29, 0.717) is 28.3 Å². The minimum Gasteiger partial charge on any atom is -0.339 e. The number of carbonyl (C=O) groups is 1. The number of anilines is 1. The van der Waals surface area contributed by atoms with Crippen LogP contribution in [-0.2, 0) is 0 Å². The molecule has 0 saturated carbocycles. The van der Waals surface area contributed by atoms with Crippen molar-refractivity contribution in [2.75, 3.05) is 5.32 Å². The Morgan fingerprint density at radius 2 is 1.62 bits per heavy atom. The Bertz CT molecular complexity index is 1160. The molecule has 126 valence electrons. The van der Waals surface area contributed by atoms with Crippen LogP contribution in [0.4, 0.5) is 5.82 Å². The van der Waals surface area contributed by atoms with Gasteiger partial charge in [0, 0.05) is 22.6 Å². The number of benzene rings is 2. The van der Waals surface area contributed by atoms with Crippen LogP contribution in [0.15, 0.2) is 65.0 Å². The van der Waals surface area contributed by atoms with Gasteiger partial charge < -0.3 is 10.3 Å². The van der Waals surface area contributed by atoms with Crippen LogP contribution in [0.1, 0.15) is 38.8 Å². The Morgan fingerprint density at radius 1 is 0.923 bits per heavy atom. The van der Waals surface area contributed by atoms with Crippen molar-refractivity contribution in [3.05, 3.63) is 98.6 Å². The summed E-state index contributed by atoms with van der Waals surface area (Å²) >= 11 is 0. The highest BCUT2D eigenvalue weighted by Gasteiger charge is 2.41. The Labute approximate surface area is 149 Å². The van der Waals surface area contributed by atoms with Crippen LogP contribution in [0, 0.1) is 6.92 Å². The van der Waals surface area contributed by atoms with E-state index in [1.54, 1.807) is 6.92 Å². The van der Waals surface area contributed by atoms with Crippen molar-refractivity contribution in [3.63, 3.8) is 0 Å². The number of rotatable bonds is 1. The fourth-order valence-electron chi connectivity index (χ4n) is 3.91. The van der Waals surface area contributed by atoms with E-state index in [-0.39, 0.29) is 11.3 Å². The summed E-state index contributed by atoms with van der Waals surface area (Å²) < 4.78 is 0. The van der Waals surface area contributed by atoms with Gasteiger partial charge in [0.1, 0.15) is 11.6 Å². The molecular formula is C21H15N3O2. The molecule has 1 unspecified atom stereocenters. The van der Waals surface area contributed by atoms with Gasteiger partial charge in [0.25, 0.3) is 5.56 Å². The van der Waals surface area contributed by atoms with E-state index >= 15 is 0 Å². The maximum absolute atomic E-state index is 13.2. The lowest BCUT2D eigenvalue weighted by molar-refractivity contribution is 0.103. The molecule has 0 spiro atoms. The smallest absolute Gasteiger partial charge is 0.257 e. The van der Waals surface area contributed by atoms with Crippen LogP contribution in [0.25, 0.3) is 5.70 Å². The van der Waals surface area contributed by atoms with Crippen molar-refractivity contribution >= 4 is 17.3 Å². The SMILES string of the molecule is Cc1nc2c(c(=O)[nH]1)C(c1ccccc1)C1=C(N2)c2ccccc2C1=O. The highest BCUT2D eigenvalue weighted by Crippen LogP contribution is 2.47. The lowest BCUT2D eigenvalue weighted by Gasteiger charge is -2.27. The second-order valence-corrected chi connectivity index (χ2v) is 6.55. The van der Waals surface area contributed by atoms with Crippen molar-refractivity contribution < 1.29 is 4.79 Å². The molecule has 1 aliphatic carbocycles. The summed E-state index contributed by atoms with van der Waals surface area (Å²) in [6.07, 6.45) is 0. The van der Waals surface area contributed by atoms with Gasteiger partial charge in [-0.15, -0.1) is 0 Å². The van der Waals surface area contributed by atoms with Gasteiger partial charge in [0.15, 0.2) is 5.78 Å². The minimum atomic E-state index is -0.445. The average molecular weight is 341 g/mol. The number of carbonyl (C=O) groups excluding carboxylic acids is 1. The van der Waals surface area contributed by atoms with Gasteiger partial charge in [-0.2, -0.15) is 0 Å². The largest absolute Gasteiger partial charge is 0.339 e. The molecule has 5 nitrogen and oxygen atoms in total. The summed E-state index contributed by atoms with van der Waals surface area (Å²) in [5.74, 6) is 0.569. The molecule has 5 heteroatoms. The molecule has 1 atom stereocenters. The van der Waals surface area contributed by atoms with E-state index in [0.717, 1.165) is 16.8 Å². The van der Waals surface area contributed by atoms with Crippen LogP contribution < -0.4 is 10.9 Å². The highest BCUT2D eigenvalue weighted by molar-refractivity contribution is 6.23. The number of ketones is 1. The van der Waals surface area contributed by atoms with E-state index < -0.39 is 5.92 Å². The molecule has 1 aliphatic heterocycles. The lowest BCUT2D eigenvalue weighted by Crippen LogP contribution is -2.28. The third kappa shape index (κ3) is 1.94. The van der Waals surface area contributed by atoms with E-state index in [2.05, 4.69) is 15.3 Å². The maximum Gasteiger partial charge on any atom is 0.257 e. The molecule has 0 radical (unpaired) electrons. The lowest BCUT2D eigenvalue weighted by atomic mass is 9.82. The molecule has 2 aromatic carbocycles. The van der Waals surface area contributed by atoms with Gasteiger partial charge in [0.2, 0.25) is 0 Å². The second kappa shape index (κ2) is 5.26. The monoisotopic (exact) mass is 341 g/mol. The number of nitrogens with one attached hydrogen (secondary N) is 2. The highest BCUT2D eigenvalue weighted by atomic mass is 16.1. The molecule has 26 heavy (non-hydrogen) atoms. The van der Waals surface area contributed by atoms with Gasteiger partial charge in [-0.1, -0.05) is 54.6 Å². The Balaban J connectivity index is 1.84. The zero-order chi connectivity index (χ0) is 17.8. The minimum absolute atomic E-state index is 0.0393. The van der Waals surface area contributed by atoms with Gasteiger partial charge in [-0.3, -0.25) is 9.59 Å². The summed E-state index contributed by atoms with van der Waals surface area (Å²) in [6.45, 7) is 1.75. The van der Waals surface area contributed by atoms with Crippen molar-refractivity contribution in [2.24, 2.45) is 0 Å². The van der Waals surface area contributed by atoms with E-state index in [1.165, 1.54) is 0 Å². The summed E-state index contributed by atoms with van der Waals surface area (Å²) in [5.41, 5.74) is 4.06. The molecule has 0 amide bonds. The Morgan fingerprint density at radius 3 is 2.38 bits per heavy atom. The number of nitrogens with zero attached hydrogens (tertiary/aromatic N) is 1. The number of H-pyrrole nitrogens is 1. The molecule has 1 aromatic heterocycles. The zero-order valence-corrected chi connectivity index (χ0v) is 14.0. The number of fused-ring (bicyclic) bond motifs is 3. The van der Waals surface area contributed by atoms with Crippen LogP contribution in [-0.4, -0.2) is 15.8 Å². The zero-order valence-electron chi connectivity index (χ0n) is 14.0. The number of allylic oxidation sites excluding steroid dienone is 1. The molecule has 2 aliphatic rings. The van der Waals surface area contributed by atoms with Crippen molar-refractivity contribution in [2.45, 2.75) is 12.8 Å². The second-order valence-electron chi connectivity index (χ2n) is 6.55. The fraction of sp³-hybridized carbons (Fsp3) is 0.0952. The third-order valence-corrected chi connectivity index (χ3v) is 4.98. The van der Waals surface area contributed by atoms with Crippen molar-refractivity contribution in [1.29, 1.82) is 0 Å². The molecule has 3 aromatic rings. The van der Waals surface area contributed by atoms with Crippen LogP contribution in [0.2, 0.25) is 0 Å². The Kier molecular flexibility index (Phi) is 3.00. The first-order valence-electron chi connectivity index (χ1n) is 8.46. The van der Waals surface area contributed by atoms with Gasteiger partial charge in [0.05, 0.1) is 11.3 Å². The average Bonchev–Trinajstić information content (AvgIpc) is 2.93. The molecule has 0 fully saturated rings. The van der Waals surface area contributed by atoms with E-state index in [4.69, 9.17) is 0 Å². The summed E-state index contributed by atoms with van der Waals surface area (Å²) in [6, 6.07) is 17.2. The van der Waals surface area contributed by atoms with Gasteiger partial charge in [-0.25, -0.2) is 4.98 Å². The molecule has 0 bridgehead atoms. The van der Waals surface area contributed by atoms with Crippen molar-refractivity contribution in [3.8, 4) is 0 Å². The number of hydrogen-bond donors (Lipinski definition) is 2. The topological polar surface area (TPSA) is 74.8 Å². The van der Waals surface area contributed by atoms with Crippen LogP contribution >= 0.6 is 0 Å².